The summed E-state index contributed by atoms with van der Waals surface area (Å²) in [5.41, 5.74) is 9.11. The van der Waals surface area contributed by atoms with Gasteiger partial charge in [0.15, 0.2) is 0 Å². The van der Waals surface area contributed by atoms with Gasteiger partial charge >= 0.3 is 0 Å². The standard InChI is InChI=1S/C32H25N3/c1-32(2,3)23-16-25-24-11-7-8-12-29(24)35-30(25)26(17-23)27-15-22(19-34-31(27)35)28-14-13-21(18-33-28)20-9-5-4-6-10-20/h4-19H,1-3H3. The molecule has 7 rings (SSSR count). The van der Waals surface area contributed by atoms with Crippen molar-refractivity contribution in [3.63, 3.8) is 0 Å². The highest BCUT2D eigenvalue weighted by molar-refractivity contribution is 6.23. The average molecular weight is 452 g/mol. The number of aromatic nitrogens is 3. The summed E-state index contributed by atoms with van der Waals surface area (Å²) in [6.45, 7) is 6.84. The van der Waals surface area contributed by atoms with Gasteiger partial charge in [0.05, 0.1) is 16.7 Å². The minimum absolute atomic E-state index is 0.0521. The predicted octanol–water partition coefficient (Wildman–Crippen LogP) is 8.26. The Kier molecular flexibility index (Phi) is 4.11. The monoisotopic (exact) mass is 451 g/mol. The molecule has 0 amide bonds. The molecule has 0 bridgehead atoms. The van der Waals surface area contributed by atoms with E-state index in [1.54, 1.807) is 0 Å². The molecule has 3 nitrogen and oxygen atoms in total. The fraction of sp³-hybridized carbons (Fsp3) is 0.125. The van der Waals surface area contributed by atoms with E-state index in [-0.39, 0.29) is 5.41 Å². The van der Waals surface area contributed by atoms with Crippen molar-refractivity contribution in [3.8, 4) is 22.4 Å². The molecule has 3 aromatic carbocycles. The van der Waals surface area contributed by atoms with E-state index in [0.717, 1.165) is 22.5 Å². The number of fused-ring (bicyclic) bond motifs is 6. The summed E-state index contributed by atoms with van der Waals surface area (Å²) in [6, 6.07) is 30.2. The van der Waals surface area contributed by atoms with E-state index in [9.17, 15) is 0 Å². The molecule has 0 saturated carbocycles. The predicted molar refractivity (Wildman–Crippen MR) is 146 cm³/mol. The molecule has 0 saturated heterocycles. The van der Waals surface area contributed by atoms with E-state index in [1.807, 2.05) is 18.5 Å². The van der Waals surface area contributed by atoms with E-state index < -0.39 is 0 Å². The molecular formula is C32H25N3. The Morgan fingerprint density at radius 3 is 2.06 bits per heavy atom. The van der Waals surface area contributed by atoms with Crippen LogP contribution >= 0.6 is 0 Å². The van der Waals surface area contributed by atoms with Crippen molar-refractivity contribution >= 4 is 38.2 Å². The van der Waals surface area contributed by atoms with Gasteiger partial charge in [-0.15, -0.1) is 0 Å². The molecule has 168 valence electrons. The first-order valence-corrected chi connectivity index (χ1v) is 12.1. The Morgan fingerprint density at radius 2 is 1.31 bits per heavy atom. The molecule has 4 heterocycles. The van der Waals surface area contributed by atoms with Crippen LogP contribution in [-0.2, 0) is 5.41 Å². The van der Waals surface area contributed by atoms with Gasteiger partial charge in [-0.1, -0.05) is 75.4 Å². The molecule has 0 atom stereocenters. The summed E-state index contributed by atoms with van der Waals surface area (Å²) >= 11 is 0. The normalized spacial score (nSPS) is 12.4. The number of hydrogen-bond donors (Lipinski definition) is 0. The minimum atomic E-state index is 0.0521. The van der Waals surface area contributed by atoms with E-state index in [2.05, 4.69) is 104 Å². The lowest BCUT2D eigenvalue weighted by Crippen LogP contribution is -2.10. The third kappa shape index (κ3) is 2.98. The van der Waals surface area contributed by atoms with Crippen LogP contribution in [0, 0.1) is 0 Å². The first-order valence-electron chi connectivity index (χ1n) is 12.1. The zero-order valence-electron chi connectivity index (χ0n) is 20.1. The summed E-state index contributed by atoms with van der Waals surface area (Å²) in [5.74, 6) is 0. The minimum Gasteiger partial charge on any atom is -0.293 e. The number of para-hydroxylation sites is 1. The fourth-order valence-corrected chi connectivity index (χ4v) is 5.30. The lowest BCUT2D eigenvalue weighted by atomic mass is 9.85. The Balaban J connectivity index is 1.48. The molecule has 0 spiro atoms. The van der Waals surface area contributed by atoms with Crippen LogP contribution in [0.15, 0.2) is 97.3 Å². The van der Waals surface area contributed by atoms with Crippen molar-refractivity contribution in [3.05, 3.63) is 103 Å². The SMILES string of the molecule is CC(C)(C)c1cc2c3ccccc3n3c4ncc(-c5ccc(-c6ccccc6)cn5)cc4c(c1)c23. The highest BCUT2D eigenvalue weighted by Crippen LogP contribution is 2.41. The summed E-state index contributed by atoms with van der Waals surface area (Å²) in [4.78, 5) is 9.79. The summed E-state index contributed by atoms with van der Waals surface area (Å²) in [7, 11) is 0. The van der Waals surface area contributed by atoms with Gasteiger partial charge in [-0.3, -0.25) is 9.38 Å². The highest BCUT2D eigenvalue weighted by atomic mass is 15.0. The van der Waals surface area contributed by atoms with Crippen LogP contribution in [0.2, 0.25) is 0 Å². The molecule has 0 unspecified atom stereocenters. The van der Waals surface area contributed by atoms with Gasteiger partial charge in [-0.25, -0.2) is 4.98 Å². The van der Waals surface area contributed by atoms with Gasteiger partial charge in [-0.2, -0.15) is 0 Å². The van der Waals surface area contributed by atoms with Crippen molar-refractivity contribution in [1.29, 1.82) is 0 Å². The topological polar surface area (TPSA) is 30.2 Å². The van der Waals surface area contributed by atoms with E-state index in [0.29, 0.717) is 0 Å². The fourth-order valence-electron chi connectivity index (χ4n) is 5.30. The molecule has 4 aromatic heterocycles. The smallest absolute Gasteiger partial charge is 0.145 e. The zero-order chi connectivity index (χ0) is 23.7. The first-order chi connectivity index (χ1) is 17.0. The number of nitrogens with zero attached hydrogens (tertiary/aromatic N) is 3. The maximum atomic E-state index is 4.99. The largest absolute Gasteiger partial charge is 0.293 e. The lowest BCUT2D eigenvalue weighted by molar-refractivity contribution is 0.592. The molecule has 0 fully saturated rings. The van der Waals surface area contributed by atoms with Crippen LogP contribution < -0.4 is 0 Å². The molecule has 3 heteroatoms. The van der Waals surface area contributed by atoms with Gasteiger partial charge in [0.25, 0.3) is 0 Å². The molecular weight excluding hydrogens is 426 g/mol. The molecule has 0 radical (unpaired) electrons. The van der Waals surface area contributed by atoms with Crippen LogP contribution in [0.5, 0.6) is 0 Å². The molecule has 0 aliphatic rings. The van der Waals surface area contributed by atoms with E-state index in [4.69, 9.17) is 9.97 Å². The van der Waals surface area contributed by atoms with Gasteiger partial charge in [0.1, 0.15) is 5.65 Å². The highest BCUT2D eigenvalue weighted by Gasteiger charge is 2.23. The van der Waals surface area contributed by atoms with Crippen LogP contribution in [0.25, 0.3) is 60.6 Å². The summed E-state index contributed by atoms with van der Waals surface area (Å²) in [6.07, 6.45) is 3.91. The van der Waals surface area contributed by atoms with Gasteiger partial charge in [-0.05, 0) is 46.9 Å². The quantitative estimate of drug-likeness (QED) is 0.265. The third-order valence-corrected chi connectivity index (χ3v) is 7.17. The Bertz CT molecular complexity index is 1850. The van der Waals surface area contributed by atoms with E-state index in [1.165, 1.54) is 43.7 Å². The second-order valence-corrected chi connectivity index (χ2v) is 10.4. The first kappa shape index (κ1) is 20.2. The number of pyridine rings is 2. The molecule has 0 aliphatic carbocycles. The molecule has 0 aliphatic heterocycles. The van der Waals surface area contributed by atoms with Gasteiger partial charge in [0.2, 0.25) is 0 Å². The summed E-state index contributed by atoms with van der Waals surface area (Å²) < 4.78 is 2.33. The van der Waals surface area contributed by atoms with Crippen LogP contribution in [0.3, 0.4) is 0 Å². The van der Waals surface area contributed by atoms with Gasteiger partial charge < -0.3 is 0 Å². The zero-order valence-corrected chi connectivity index (χ0v) is 20.1. The van der Waals surface area contributed by atoms with Crippen LogP contribution in [-0.4, -0.2) is 14.4 Å². The van der Waals surface area contributed by atoms with Crippen LogP contribution in [0.1, 0.15) is 26.3 Å². The van der Waals surface area contributed by atoms with E-state index >= 15 is 0 Å². The molecule has 7 aromatic rings. The lowest BCUT2D eigenvalue weighted by Gasteiger charge is -2.19. The third-order valence-electron chi connectivity index (χ3n) is 7.17. The second-order valence-electron chi connectivity index (χ2n) is 10.4. The molecule has 0 N–H and O–H groups in total. The maximum absolute atomic E-state index is 4.99. The Morgan fingerprint density at radius 1 is 0.600 bits per heavy atom. The number of benzene rings is 3. The average Bonchev–Trinajstić information content (AvgIpc) is 3.40. The van der Waals surface area contributed by atoms with Crippen molar-refractivity contribution < 1.29 is 0 Å². The van der Waals surface area contributed by atoms with Crippen LogP contribution in [0.4, 0.5) is 0 Å². The Hall–Kier alpha value is -4.24. The van der Waals surface area contributed by atoms with Crippen molar-refractivity contribution in [1.82, 2.24) is 14.4 Å². The Labute approximate surface area is 204 Å². The summed E-state index contributed by atoms with van der Waals surface area (Å²) in [5, 5.41) is 5.01. The molecule has 35 heavy (non-hydrogen) atoms. The van der Waals surface area contributed by atoms with Crippen molar-refractivity contribution in [2.75, 3.05) is 0 Å². The maximum Gasteiger partial charge on any atom is 0.145 e. The number of rotatable bonds is 2. The van der Waals surface area contributed by atoms with Crippen molar-refractivity contribution in [2.45, 2.75) is 26.2 Å². The number of hydrogen-bond acceptors (Lipinski definition) is 2. The van der Waals surface area contributed by atoms with Gasteiger partial charge in [0, 0.05) is 45.1 Å². The van der Waals surface area contributed by atoms with Crippen molar-refractivity contribution in [2.24, 2.45) is 0 Å². The second kappa shape index (κ2) is 7.13.